The van der Waals surface area contributed by atoms with Crippen molar-refractivity contribution >= 4 is 23.1 Å². The lowest BCUT2D eigenvalue weighted by Gasteiger charge is -2.19. The first kappa shape index (κ1) is 17.2. The summed E-state index contributed by atoms with van der Waals surface area (Å²) < 4.78 is 0. The lowest BCUT2D eigenvalue weighted by atomic mass is 10.2. The van der Waals surface area contributed by atoms with Gasteiger partial charge in [0.15, 0.2) is 11.5 Å². The minimum Gasteiger partial charge on any atom is -0.378 e. The fourth-order valence-electron chi connectivity index (χ4n) is 2.94. The Kier molecular flexibility index (Phi) is 5.48. The molecular formula is C19H25N5O. The zero-order valence-corrected chi connectivity index (χ0v) is 14.9. The predicted octanol–water partition coefficient (Wildman–Crippen LogP) is 3.30. The van der Waals surface area contributed by atoms with Gasteiger partial charge in [0.2, 0.25) is 0 Å². The number of hydrogen-bond acceptors (Lipinski definition) is 5. The summed E-state index contributed by atoms with van der Waals surface area (Å²) in [7, 11) is 4.02. The molecule has 6 heteroatoms. The van der Waals surface area contributed by atoms with Crippen LogP contribution in [-0.4, -0.2) is 48.2 Å². The molecule has 0 unspecified atom stereocenters. The summed E-state index contributed by atoms with van der Waals surface area (Å²) in [5.74, 6) is 0.612. The molecule has 132 valence electrons. The van der Waals surface area contributed by atoms with Gasteiger partial charge in [-0.15, -0.1) is 10.2 Å². The molecule has 0 bridgehead atoms. The largest absolute Gasteiger partial charge is 0.378 e. The number of anilines is 3. The number of carbonyl (C=O) groups is 1. The molecule has 1 aliphatic heterocycles. The second kappa shape index (κ2) is 7.96. The summed E-state index contributed by atoms with van der Waals surface area (Å²) in [4.78, 5) is 16.5. The van der Waals surface area contributed by atoms with E-state index in [-0.39, 0.29) is 5.91 Å². The summed E-state index contributed by atoms with van der Waals surface area (Å²) >= 11 is 0. The van der Waals surface area contributed by atoms with Crippen LogP contribution in [0.2, 0.25) is 0 Å². The Morgan fingerprint density at radius 2 is 1.64 bits per heavy atom. The second-order valence-electron chi connectivity index (χ2n) is 6.58. The Morgan fingerprint density at radius 3 is 2.20 bits per heavy atom. The molecule has 1 saturated heterocycles. The van der Waals surface area contributed by atoms with Crippen molar-refractivity contribution in [2.75, 3.05) is 37.4 Å². The standard InChI is InChI=1S/C19H25N5O/c1-23(2)16-9-7-15(8-10-16)20-18-12-11-17(21-22-18)19(25)24-13-5-3-4-6-14-24/h7-12H,3-6,13-14H2,1-2H3,(H,20,22). The minimum atomic E-state index is -0.0173. The third kappa shape index (κ3) is 4.47. The fraction of sp³-hybridized carbons (Fsp3) is 0.421. The van der Waals surface area contributed by atoms with Crippen LogP contribution in [0.3, 0.4) is 0 Å². The molecule has 1 aromatic carbocycles. The van der Waals surface area contributed by atoms with Gasteiger partial charge in [0.1, 0.15) is 0 Å². The molecule has 0 saturated carbocycles. The zero-order valence-electron chi connectivity index (χ0n) is 14.9. The summed E-state index contributed by atoms with van der Waals surface area (Å²) in [5.41, 5.74) is 2.48. The monoisotopic (exact) mass is 339 g/mol. The van der Waals surface area contributed by atoms with E-state index in [1.54, 1.807) is 12.1 Å². The van der Waals surface area contributed by atoms with Gasteiger partial charge in [0, 0.05) is 38.6 Å². The molecule has 1 fully saturated rings. The van der Waals surface area contributed by atoms with Gasteiger partial charge in [-0.05, 0) is 49.2 Å². The Hall–Kier alpha value is -2.63. The average molecular weight is 339 g/mol. The van der Waals surface area contributed by atoms with E-state index in [1.807, 2.05) is 48.2 Å². The summed E-state index contributed by atoms with van der Waals surface area (Å²) in [6.07, 6.45) is 4.54. The van der Waals surface area contributed by atoms with Gasteiger partial charge in [0.05, 0.1) is 0 Å². The number of carbonyl (C=O) groups excluding carboxylic acids is 1. The first-order valence-corrected chi connectivity index (χ1v) is 8.81. The number of hydrogen-bond donors (Lipinski definition) is 1. The predicted molar refractivity (Wildman–Crippen MR) is 100 cm³/mol. The summed E-state index contributed by atoms with van der Waals surface area (Å²) in [6, 6.07) is 11.6. The highest BCUT2D eigenvalue weighted by molar-refractivity contribution is 5.92. The van der Waals surface area contributed by atoms with Crippen LogP contribution in [0.1, 0.15) is 36.2 Å². The molecule has 1 N–H and O–H groups in total. The van der Waals surface area contributed by atoms with Gasteiger partial charge < -0.3 is 15.1 Å². The molecule has 6 nitrogen and oxygen atoms in total. The molecule has 2 aromatic rings. The first-order valence-electron chi connectivity index (χ1n) is 8.81. The van der Waals surface area contributed by atoms with Gasteiger partial charge >= 0.3 is 0 Å². The number of amides is 1. The quantitative estimate of drug-likeness (QED) is 0.926. The molecule has 0 atom stereocenters. The second-order valence-corrected chi connectivity index (χ2v) is 6.58. The van der Waals surface area contributed by atoms with Crippen molar-refractivity contribution in [1.82, 2.24) is 15.1 Å². The Bertz CT molecular complexity index is 689. The van der Waals surface area contributed by atoms with Crippen molar-refractivity contribution in [2.24, 2.45) is 0 Å². The molecule has 0 spiro atoms. The number of nitrogens with one attached hydrogen (secondary N) is 1. The van der Waals surface area contributed by atoms with Crippen molar-refractivity contribution < 1.29 is 4.79 Å². The maximum Gasteiger partial charge on any atom is 0.274 e. The van der Waals surface area contributed by atoms with Gasteiger partial charge in [-0.25, -0.2) is 0 Å². The lowest BCUT2D eigenvalue weighted by molar-refractivity contribution is 0.0754. The van der Waals surface area contributed by atoms with Crippen LogP contribution >= 0.6 is 0 Å². The molecule has 1 aliphatic rings. The fourth-order valence-corrected chi connectivity index (χ4v) is 2.94. The highest BCUT2D eigenvalue weighted by Gasteiger charge is 2.18. The lowest BCUT2D eigenvalue weighted by Crippen LogP contribution is -2.32. The molecule has 2 heterocycles. The van der Waals surface area contributed by atoms with Crippen LogP contribution in [0.4, 0.5) is 17.2 Å². The van der Waals surface area contributed by atoms with E-state index in [1.165, 1.54) is 12.8 Å². The SMILES string of the molecule is CN(C)c1ccc(Nc2ccc(C(=O)N3CCCCCC3)nn2)cc1. The Morgan fingerprint density at radius 1 is 0.960 bits per heavy atom. The van der Waals surface area contributed by atoms with E-state index in [0.29, 0.717) is 11.5 Å². The van der Waals surface area contributed by atoms with E-state index < -0.39 is 0 Å². The number of benzene rings is 1. The third-order valence-corrected chi connectivity index (χ3v) is 4.43. The smallest absolute Gasteiger partial charge is 0.274 e. The number of likely N-dealkylation sites (tertiary alicyclic amines) is 1. The summed E-state index contributed by atoms with van der Waals surface area (Å²) in [5, 5.41) is 11.5. The normalized spacial score (nSPS) is 14.7. The number of nitrogens with zero attached hydrogens (tertiary/aromatic N) is 4. The van der Waals surface area contributed by atoms with Crippen LogP contribution < -0.4 is 10.2 Å². The minimum absolute atomic E-state index is 0.0173. The van der Waals surface area contributed by atoms with E-state index in [9.17, 15) is 4.79 Å². The number of rotatable bonds is 4. The molecule has 1 aromatic heterocycles. The number of aromatic nitrogens is 2. The molecular weight excluding hydrogens is 314 g/mol. The van der Waals surface area contributed by atoms with Gasteiger partial charge in [-0.1, -0.05) is 12.8 Å². The molecule has 3 rings (SSSR count). The van der Waals surface area contributed by atoms with E-state index in [0.717, 1.165) is 37.3 Å². The molecule has 0 aliphatic carbocycles. The Balaban J connectivity index is 1.64. The molecule has 25 heavy (non-hydrogen) atoms. The van der Waals surface area contributed by atoms with Gasteiger partial charge in [-0.3, -0.25) is 4.79 Å². The molecule has 1 amide bonds. The van der Waals surface area contributed by atoms with Crippen molar-refractivity contribution in [3.05, 3.63) is 42.1 Å². The summed E-state index contributed by atoms with van der Waals surface area (Å²) in [6.45, 7) is 1.64. The van der Waals surface area contributed by atoms with E-state index >= 15 is 0 Å². The van der Waals surface area contributed by atoms with Crippen LogP contribution in [0.5, 0.6) is 0 Å². The van der Waals surface area contributed by atoms with E-state index in [4.69, 9.17) is 0 Å². The van der Waals surface area contributed by atoms with Crippen LogP contribution in [-0.2, 0) is 0 Å². The highest BCUT2D eigenvalue weighted by Crippen LogP contribution is 2.19. The van der Waals surface area contributed by atoms with Gasteiger partial charge in [-0.2, -0.15) is 0 Å². The Labute approximate surface area is 148 Å². The highest BCUT2D eigenvalue weighted by atomic mass is 16.2. The van der Waals surface area contributed by atoms with Crippen molar-refractivity contribution in [3.63, 3.8) is 0 Å². The maximum absolute atomic E-state index is 12.5. The van der Waals surface area contributed by atoms with Gasteiger partial charge in [0.25, 0.3) is 5.91 Å². The molecule has 0 radical (unpaired) electrons. The van der Waals surface area contributed by atoms with Crippen molar-refractivity contribution in [3.8, 4) is 0 Å². The maximum atomic E-state index is 12.5. The van der Waals surface area contributed by atoms with Crippen LogP contribution in [0.25, 0.3) is 0 Å². The van der Waals surface area contributed by atoms with Crippen molar-refractivity contribution in [1.29, 1.82) is 0 Å². The third-order valence-electron chi connectivity index (χ3n) is 4.43. The van der Waals surface area contributed by atoms with Crippen LogP contribution in [0, 0.1) is 0 Å². The van der Waals surface area contributed by atoms with E-state index in [2.05, 4.69) is 15.5 Å². The van der Waals surface area contributed by atoms with Crippen molar-refractivity contribution in [2.45, 2.75) is 25.7 Å². The average Bonchev–Trinajstić information content (AvgIpc) is 2.92. The van der Waals surface area contributed by atoms with Crippen LogP contribution in [0.15, 0.2) is 36.4 Å². The first-order chi connectivity index (χ1) is 12.1. The topological polar surface area (TPSA) is 61.4 Å². The zero-order chi connectivity index (χ0) is 17.6.